The van der Waals surface area contributed by atoms with Crippen molar-refractivity contribution >= 4 is 10.9 Å². The van der Waals surface area contributed by atoms with Gasteiger partial charge in [-0.1, -0.05) is 102 Å². The van der Waals surface area contributed by atoms with Crippen LogP contribution < -0.4 is 0 Å². The zero-order valence-electron chi connectivity index (χ0n) is 16.4. The monoisotopic (exact) mass is 349 g/mol. The third-order valence-electron chi connectivity index (χ3n) is 4.79. The molecule has 0 fully saturated rings. The maximum Gasteiger partial charge on any atom is 0.133 e. The highest BCUT2D eigenvalue weighted by Crippen LogP contribution is 2.15. The first kappa shape index (κ1) is 21.6. The van der Waals surface area contributed by atoms with E-state index in [4.69, 9.17) is 0 Å². The van der Waals surface area contributed by atoms with Crippen molar-refractivity contribution in [3.05, 3.63) is 35.9 Å². The van der Waals surface area contributed by atoms with Gasteiger partial charge in [0.15, 0.2) is 0 Å². The molecule has 0 bridgehead atoms. The summed E-state index contributed by atoms with van der Waals surface area (Å²) in [6.07, 6.45) is 17.2. The standard InChI is InChI=1S/C23H41S/c1-3-5-7-8-9-10-11-12-13-17-21-24(20-6-4-2)22-23-18-15-14-16-19-23/h14-16,18-19H,3-13,17,20-22H2,1-2H3/q+1. The molecule has 0 aliphatic rings. The molecule has 1 unspecified atom stereocenters. The Bertz CT molecular complexity index is 360. The van der Waals surface area contributed by atoms with E-state index in [1.165, 1.54) is 94.3 Å². The summed E-state index contributed by atoms with van der Waals surface area (Å²) in [5.41, 5.74) is 1.55. The van der Waals surface area contributed by atoms with Crippen LogP contribution in [0.25, 0.3) is 0 Å². The maximum absolute atomic E-state index is 2.32. The van der Waals surface area contributed by atoms with E-state index in [1.54, 1.807) is 5.56 Å². The summed E-state index contributed by atoms with van der Waals surface area (Å²) in [6, 6.07) is 11.1. The summed E-state index contributed by atoms with van der Waals surface area (Å²) in [5.74, 6) is 4.23. The van der Waals surface area contributed by atoms with Crippen molar-refractivity contribution in [1.82, 2.24) is 0 Å². The van der Waals surface area contributed by atoms with Crippen LogP contribution in [0, 0.1) is 0 Å². The summed E-state index contributed by atoms with van der Waals surface area (Å²) < 4.78 is 0. The summed E-state index contributed by atoms with van der Waals surface area (Å²) in [5, 5.41) is 0. The Balaban J connectivity index is 2.07. The van der Waals surface area contributed by atoms with Crippen LogP contribution in [0.2, 0.25) is 0 Å². The van der Waals surface area contributed by atoms with Crippen molar-refractivity contribution in [2.45, 2.75) is 96.7 Å². The van der Waals surface area contributed by atoms with Gasteiger partial charge in [0.1, 0.15) is 17.3 Å². The number of unbranched alkanes of at least 4 members (excludes halogenated alkanes) is 10. The van der Waals surface area contributed by atoms with Crippen LogP contribution in [0.3, 0.4) is 0 Å². The van der Waals surface area contributed by atoms with E-state index in [2.05, 4.69) is 44.2 Å². The third-order valence-corrected chi connectivity index (χ3v) is 7.26. The molecule has 0 aliphatic heterocycles. The predicted molar refractivity (Wildman–Crippen MR) is 114 cm³/mol. The van der Waals surface area contributed by atoms with Crippen LogP contribution in [0.15, 0.2) is 30.3 Å². The second-order valence-electron chi connectivity index (χ2n) is 7.19. The minimum Gasteiger partial charge on any atom is -0.0654 e. The van der Waals surface area contributed by atoms with Crippen molar-refractivity contribution in [2.24, 2.45) is 0 Å². The molecule has 24 heavy (non-hydrogen) atoms. The molecule has 1 aromatic rings. The predicted octanol–water partition coefficient (Wildman–Crippen LogP) is 7.53. The molecule has 0 radical (unpaired) electrons. The molecule has 0 saturated carbocycles. The van der Waals surface area contributed by atoms with Crippen LogP contribution >= 0.6 is 0 Å². The molecule has 0 aromatic heterocycles. The summed E-state index contributed by atoms with van der Waals surface area (Å²) in [6.45, 7) is 4.62. The number of hydrogen-bond acceptors (Lipinski definition) is 0. The summed E-state index contributed by atoms with van der Waals surface area (Å²) in [4.78, 5) is 0. The zero-order valence-corrected chi connectivity index (χ0v) is 17.2. The third kappa shape index (κ3) is 12.0. The van der Waals surface area contributed by atoms with Crippen LogP contribution in [-0.2, 0) is 16.6 Å². The lowest BCUT2D eigenvalue weighted by molar-refractivity contribution is 0.563. The van der Waals surface area contributed by atoms with Crippen molar-refractivity contribution < 1.29 is 0 Å². The molecule has 0 N–H and O–H groups in total. The van der Waals surface area contributed by atoms with Crippen molar-refractivity contribution in [2.75, 3.05) is 11.5 Å². The van der Waals surface area contributed by atoms with E-state index in [0.29, 0.717) is 10.9 Å². The van der Waals surface area contributed by atoms with Crippen molar-refractivity contribution in [3.63, 3.8) is 0 Å². The van der Waals surface area contributed by atoms with Crippen molar-refractivity contribution in [1.29, 1.82) is 0 Å². The van der Waals surface area contributed by atoms with Gasteiger partial charge in [-0.15, -0.1) is 0 Å². The molecular formula is C23H41S+. The van der Waals surface area contributed by atoms with Gasteiger partial charge in [-0.05, 0) is 30.2 Å². The molecule has 138 valence electrons. The van der Waals surface area contributed by atoms with Gasteiger partial charge in [-0.2, -0.15) is 0 Å². The number of rotatable bonds is 16. The molecular weight excluding hydrogens is 308 g/mol. The van der Waals surface area contributed by atoms with Gasteiger partial charge in [0.25, 0.3) is 0 Å². The largest absolute Gasteiger partial charge is 0.133 e. The summed E-state index contributed by atoms with van der Waals surface area (Å²) in [7, 11) is 0.612. The number of hydrogen-bond donors (Lipinski definition) is 0. The van der Waals surface area contributed by atoms with Crippen LogP contribution in [0.5, 0.6) is 0 Å². The molecule has 0 amide bonds. The van der Waals surface area contributed by atoms with E-state index in [1.807, 2.05) is 0 Å². The Hall–Kier alpha value is -0.430. The maximum atomic E-state index is 2.32. The smallest absolute Gasteiger partial charge is 0.0654 e. The van der Waals surface area contributed by atoms with Gasteiger partial charge in [0, 0.05) is 5.56 Å². The topological polar surface area (TPSA) is 0 Å². The average Bonchev–Trinajstić information content (AvgIpc) is 2.62. The van der Waals surface area contributed by atoms with Gasteiger partial charge >= 0.3 is 0 Å². The summed E-state index contributed by atoms with van der Waals surface area (Å²) >= 11 is 0. The Kier molecular flexibility index (Phi) is 14.5. The second kappa shape index (κ2) is 16.1. The van der Waals surface area contributed by atoms with Crippen LogP contribution in [-0.4, -0.2) is 11.5 Å². The molecule has 1 heteroatoms. The molecule has 0 nitrogen and oxygen atoms in total. The number of benzene rings is 1. The van der Waals surface area contributed by atoms with Crippen molar-refractivity contribution in [3.8, 4) is 0 Å². The SMILES string of the molecule is CCCCCCCCCCCC[S+](CCCC)Cc1ccccc1. The first-order chi connectivity index (χ1) is 11.9. The lowest BCUT2D eigenvalue weighted by Crippen LogP contribution is -2.15. The van der Waals surface area contributed by atoms with E-state index in [0.717, 1.165) is 0 Å². The molecule has 0 spiro atoms. The Morgan fingerprint density at radius 2 is 1.08 bits per heavy atom. The molecule has 0 saturated heterocycles. The highest BCUT2D eigenvalue weighted by molar-refractivity contribution is 7.96. The molecule has 0 heterocycles. The van der Waals surface area contributed by atoms with E-state index in [-0.39, 0.29) is 0 Å². The Labute approximate surface area is 155 Å². The van der Waals surface area contributed by atoms with Gasteiger partial charge in [-0.25, -0.2) is 0 Å². The van der Waals surface area contributed by atoms with Gasteiger partial charge in [0.2, 0.25) is 0 Å². The van der Waals surface area contributed by atoms with Gasteiger partial charge < -0.3 is 0 Å². The fourth-order valence-corrected chi connectivity index (χ4v) is 5.66. The van der Waals surface area contributed by atoms with E-state index >= 15 is 0 Å². The lowest BCUT2D eigenvalue weighted by atomic mass is 10.1. The fourth-order valence-electron chi connectivity index (χ4n) is 3.20. The lowest BCUT2D eigenvalue weighted by Gasteiger charge is -2.09. The van der Waals surface area contributed by atoms with Gasteiger partial charge in [-0.3, -0.25) is 0 Å². The molecule has 0 aliphatic carbocycles. The van der Waals surface area contributed by atoms with Crippen LogP contribution in [0.4, 0.5) is 0 Å². The van der Waals surface area contributed by atoms with E-state index in [9.17, 15) is 0 Å². The molecule has 1 rings (SSSR count). The van der Waals surface area contributed by atoms with E-state index < -0.39 is 0 Å². The van der Waals surface area contributed by atoms with Crippen LogP contribution in [0.1, 0.15) is 96.5 Å². The average molecular weight is 350 g/mol. The van der Waals surface area contributed by atoms with Gasteiger partial charge in [0.05, 0.1) is 0 Å². The quantitative estimate of drug-likeness (QED) is 0.214. The minimum absolute atomic E-state index is 0.612. The zero-order chi connectivity index (χ0) is 17.3. The molecule has 1 atom stereocenters. The Morgan fingerprint density at radius 1 is 0.583 bits per heavy atom. The highest BCUT2D eigenvalue weighted by Gasteiger charge is 2.17. The Morgan fingerprint density at radius 3 is 1.67 bits per heavy atom. The normalized spacial score (nSPS) is 12.4. The minimum atomic E-state index is 0.612. The highest BCUT2D eigenvalue weighted by atomic mass is 32.2. The first-order valence-corrected chi connectivity index (χ1v) is 12.3. The first-order valence-electron chi connectivity index (χ1n) is 10.5. The molecule has 1 aromatic carbocycles. The second-order valence-corrected chi connectivity index (χ2v) is 9.52. The fraction of sp³-hybridized carbons (Fsp3) is 0.739.